The molecule has 29 heavy (non-hydrogen) atoms. The van der Waals surface area contributed by atoms with Gasteiger partial charge in [0.25, 0.3) is 0 Å². The molecular weight excluding hydrogens is 394 g/mol. The van der Waals surface area contributed by atoms with E-state index in [4.69, 9.17) is 21.5 Å². The second-order valence-corrected chi connectivity index (χ2v) is 7.59. The third-order valence-electron chi connectivity index (χ3n) is 4.98. The molecule has 0 aromatic heterocycles. The summed E-state index contributed by atoms with van der Waals surface area (Å²) < 4.78 is 0. The lowest BCUT2D eigenvalue weighted by Gasteiger charge is -2.40. The second kappa shape index (κ2) is 9.11. The van der Waals surface area contributed by atoms with Crippen molar-refractivity contribution in [2.75, 3.05) is 13.1 Å². The van der Waals surface area contributed by atoms with Crippen LogP contribution in [0.2, 0.25) is 5.02 Å². The van der Waals surface area contributed by atoms with Gasteiger partial charge in [0, 0.05) is 24.2 Å². The van der Waals surface area contributed by atoms with Crippen molar-refractivity contribution in [3.8, 4) is 5.75 Å². The number of allylic oxidation sites excluding steroid dienone is 1. The Morgan fingerprint density at radius 2 is 1.79 bits per heavy atom. The number of hydroxylamine groups is 2. The van der Waals surface area contributed by atoms with E-state index < -0.39 is 22.9 Å². The van der Waals surface area contributed by atoms with Gasteiger partial charge in [0.2, 0.25) is 5.76 Å². The van der Waals surface area contributed by atoms with Crippen LogP contribution in [0.15, 0.2) is 66.4 Å². The number of ketones is 1. The molecule has 0 radical (unpaired) electrons. The third-order valence-corrected chi connectivity index (χ3v) is 5.24. The number of carbonyl (C=O) groups is 2. The summed E-state index contributed by atoms with van der Waals surface area (Å²) in [6, 6.07) is 16.4. The summed E-state index contributed by atoms with van der Waals surface area (Å²) in [5, 5.41) is 20.9. The minimum absolute atomic E-state index is 0.271. The van der Waals surface area contributed by atoms with Crippen molar-refractivity contribution in [1.82, 2.24) is 5.06 Å². The smallest absolute Gasteiger partial charge is 0.371 e. The molecule has 1 heterocycles. The predicted molar refractivity (Wildman–Crippen MR) is 109 cm³/mol. The number of carbonyl (C=O) groups excluding carboxylic acids is 1. The molecule has 6 nitrogen and oxygen atoms in total. The highest BCUT2D eigenvalue weighted by Crippen LogP contribution is 2.36. The minimum atomic E-state index is -1.53. The largest absolute Gasteiger partial charge is 0.502 e. The van der Waals surface area contributed by atoms with Crippen molar-refractivity contribution in [2.24, 2.45) is 5.41 Å². The van der Waals surface area contributed by atoms with Crippen LogP contribution in [-0.2, 0) is 16.0 Å². The van der Waals surface area contributed by atoms with Gasteiger partial charge >= 0.3 is 5.97 Å². The van der Waals surface area contributed by atoms with E-state index >= 15 is 0 Å². The maximum Gasteiger partial charge on any atom is 0.371 e. The Balaban J connectivity index is 1.88. The predicted octanol–water partition coefficient (Wildman–Crippen LogP) is 4.05. The highest BCUT2D eigenvalue weighted by atomic mass is 35.5. The van der Waals surface area contributed by atoms with Crippen molar-refractivity contribution < 1.29 is 24.6 Å². The van der Waals surface area contributed by atoms with E-state index in [0.29, 0.717) is 36.6 Å². The van der Waals surface area contributed by atoms with Gasteiger partial charge in [-0.15, -0.1) is 5.06 Å². The Morgan fingerprint density at radius 3 is 2.45 bits per heavy atom. The van der Waals surface area contributed by atoms with Crippen LogP contribution in [0.3, 0.4) is 0 Å². The van der Waals surface area contributed by atoms with Gasteiger partial charge in [-0.3, -0.25) is 4.79 Å². The Labute approximate surface area is 173 Å². The number of aliphatic hydroxyl groups is 1. The number of hydrogen-bond acceptors (Lipinski definition) is 5. The molecule has 1 atom stereocenters. The average Bonchev–Trinajstić information content (AvgIpc) is 2.70. The number of benzene rings is 2. The summed E-state index contributed by atoms with van der Waals surface area (Å²) >= 11 is 5.97. The fourth-order valence-corrected chi connectivity index (χ4v) is 3.69. The van der Waals surface area contributed by atoms with Crippen molar-refractivity contribution in [3.05, 3.63) is 77.0 Å². The molecule has 1 aliphatic rings. The summed E-state index contributed by atoms with van der Waals surface area (Å²) in [6.07, 6.45) is 2.42. The minimum Gasteiger partial charge on any atom is -0.502 e. The average molecular weight is 416 g/mol. The first kappa shape index (κ1) is 20.9. The molecule has 0 aliphatic carbocycles. The number of aliphatic hydroxyl groups excluding tert-OH is 1. The van der Waals surface area contributed by atoms with Crippen LogP contribution in [0.25, 0.3) is 0 Å². The van der Waals surface area contributed by atoms with Crippen molar-refractivity contribution in [2.45, 2.75) is 19.3 Å². The number of piperidine rings is 1. The van der Waals surface area contributed by atoms with E-state index in [1.54, 1.807) is 17.2 Å². The third kappa shape index (κ3) is 5.37. The molecule has 1 fully saturated rings. The Kier molecular flexibility index (Phi) is 6.56. The number of aliphatic carboxylic acids is 1. The summed E-state index contributed by atoms with van der Waals surface area (Å²) in [5.41, 5.74) is -0.0304. The van der Waals surface area contributed by atoms with Crippen LogP contribution in [0.1, 0.15) is 18.4 Å². The maximum atomic E-state index is 13.1. The van der Waals surface area contributed by atoms with Gasteiger partial charge < -0.3 is 15.1 Å². The molecule has 0 spiro atoms. The number of halogens is 1. The SMILES string of the molecule is O=C(O)/C(O)=C/C(=O)C1(Cc2ccc(Cl)cc2)CCCN(Oc2ccccc2)C1. The number of hydrogen-bond donors (Lipinski definition) is 2. The first-order valence-electron chi connectivity index (χ1n) is 9.29. The highest BCUT2D eigenvalue weighted by molar-refractivity contribution is 6.30. The number of rotatable bonds is 7. The topological polar surface area (TPSA) is 87.1 Å². The fourth-order valence-electron chi connectivity index (χ4n) is 3.56. The van der Waals surface area contributed by atoms with E-state index in [0.717, 1.165) is 11.6 Å². The van der Waals surface area contributed by atoms with Crippen LogP contribution in [0.4, 0.5) is 0 Å². The number of carboxylic acid groups (broad SMARTS) is 1. The summed E-state index contributed by atoms with van der Waals surface area (Å²) in [6.45, 7) is 0.909. The first-order valence-corrected chi connectivity index (χ1v) is 9.67. The van der Waals surface area contributed by atoms with Gasteiger partial charge in [0.05, 0.1) is 5.41 Å². The van der Waals surface area contributed by atoms with E-state index in [2.05, 4.69) is 0 Å². The Morgan fingerprint density at radius 1 is 1.10 bits per heavy atom. The van der Waals surface area contributed by atoms with Crippen LogP contribution in [0, 0.1) is 5.41 Å². The standard InChI is InChI=1S/C22H22ClNO5/c23-17-9-7-16(8-10-17)14-22(20(26)13-19(25)21(27)28)11-4-12-24(15-22)29-18-5-2-1-3-6-18/h1-3,5-10,13,25H,4,11-12,14-15H2,(H,27,28)/b19-13-. The molecule has 3 rings (SSSR count). The van der Waals surface area contributed by atoms with Crippen LogP contribution in [0.5, 0.6) is 5.75 Å². The van der Waals surface area contributed by atoms with Gasteiger partial charge in [-0.25, -0.2) is 4.79 Å². The Hall–Kier alpha value is -2.83. The number of carboxylic acids is 1. The van der Waals surface area contributed by atoms with Crippen LogP contribution >= 0.6 is 11.6 Å². The molecule has 0 amide bonds. The number of para-hydroxylation sites is 1. The van der Waals surface area contributed by atoms with Crippen LogP contribution < -0.4 is 4.84 Å². The molecule has 2 aromatic carbocycles. The summed E-state index contributed by atoms with van der Waals surface area (Å²) in [4.78, 5) is 30.0. The van der Waals surface area contributed by atoms with E-state index in [1.807, 2.05) is 42.5 Å². The molecule has 1 aliphatic heterocycles. The van der Waals surface area contributed by atoms with Gasteiger partial charge in [0.1, 0.15) is 5.75 Å². The second-order valence-electron chi connectivity index (χ2n) is 7.15. The monoisotopic (exact) mass is 415 g/mol. The molecule has 2 aromatic rings. The van der Waals surface area contributed by atoms with Crippen molar-refractivity contribution in [1.29, 1.82) is 0 Å². The molecule has 152 valence electrons. The van der Waals surface area contributed by atoms with E-state index in [9.17, 15) is 14.7 Å². The lowest BCUT2D eigenvalue weighted by Crippen LogP contribution is -2.50. The lowest BCUT2D eigenvalue weighted by molar-refractivity contribution is -0.144. The zero-order valence-corrected chi connectivity index (χ0v) is 16.5. The fraction of sp³-hybridized carbons (Fsp3) is 0.273. The maximum absolute atomic E-state index is 13.1. The van der Waals surface area contributed by atoms with E-state index in [1.165, 1.54) is 0 Å². The lowest BCUT2D eigenvalue weighted by atomic mass is 9.72. The quantitative estimate of drug-likeness (QED) is 0.524. The van der Waals surface area contributed by atoms with Gasteiger partial charge in [-0.1, -0.05) is 41.9 Å². The molecule has 1 unspecified atom stereocenters. The molecule has 1 saturated heterocycles. The normalized spacial score (nSPS) is 20.2. The van der Waals surface area contributed by atoms with Gasteiger partial charge in [-0.2, -0.15) is 0 Å². The molecule has 0 bridgehead atoms. The Bertz CT molecular complexity index is 897. The molecule has 2 N–H and O–H groups in total. The van der Waals surface area contributed by atoms with Gasteiger partial charge in [0.15, 0.2) is 5.78 Å². The van der Waals surface area contributed by atoms with Crippen molar-refractivity contribution >= 4 is 23.4 Å². The zero-order chi connectivity index (χ0) is 20.9. The van der Waals surface area contributed by atoms with E-state index in [-0.39, 0.29) is 6.54 Å². The number of nitrogens with zero attached hydrogens (tertiary/aromatic N) is 1. The molecule has 7 heteroatoms. The zero-order valence-electron chi connectivity index (χ0n) is 15.8. The summed E-state index contributed by atoms with van der Waals surface area (Å²) in [7, 11) is 0. The molecule has 0 saturated carbocycles. The summed E-state index contributed by atoms with van der Waals surface area (Å²) in [5.74, 6) is -2.28. The van der Waals surface area contributed by atoms with Crippen molar-refractivity contribution in [3.63, 3.8) is 0 Å². The molecular formula is C22H22ClNO5. The van der Waals surface area contributed by atoms with Crippen LogP contribution in [-0.4, -0.2) is 40.1 Å². The first-order chi connectivity index (χ1) is 13.9. The highest BCUT2D eigenvalue weighted by Gasteiger charge is 2.42. The van der Waals surface area contributed by atoms with Gasteiger partial charge in [-0.05, 0) is 49.1 Å².